The lowest BCUT2D eigenvalue weighted by atomic mass is 10.1. The van der Waals surface area contributed by atoms with E-state index in [0.717, 1.165) is 13.1 Å². The minimum absolute atomic E-state index is 0.00127. The van der Waals surface area contributed by atoms with E-state index in [-0.39, 0.29) is 29.2 Å². The molecule has 2 aliphatic rings. The SMILES string of the molecule is Cc1cc(C(=O)Nc2ccc([C@H]3CNCCO3)c(F)c2)cc(C#N)n1.Cc1cc(C(=O)Nc2ccc([C@H]3CNCCO3)c(F)c2)cc(C(N)=O)n1. The normalized spacial score (nSPS) is 16.9. The molecule has 13 nitrogen and oxygen atoms in total. The van der Waals surface area contributed by atoms with Gasteiger partial charge in [0.15, 0.2) is 0 Å². The Morgan fingerprint density at radius 1 is 0.784 bits per heavy atom. The Labute approximate surface area is 292 Å². The molecular weight excluding hydrogens is 662 g/mol. The van der Waals surface area contributed by atoms with Gasteiger partial charge < -0.3 is 36.5 Å². The first-order valence-electron chi connectivity index (χ1n) is 16.0. The zero-order valence-electron chi connectivity index (χ0n) is 27.9. The molecule has 0 saturated carbocycles. The Bertz CT molecular complexity index is 1970. The third-order valence-electron chi connectivity index (χ3n) is 7.86. The van der Waals surface area contributed by atoms with Crippen LogP contribution in [0.25, 0.3) is 0 Å². The summed E-state index contributed by atoms with van der Waals surface area (Å²) in [6, 6.07) is 16.7. The summed E-state index contributed by atoms with van der Waals surface area (Å²) >= 11 is 0. The molecule has 264 valence electrons. The Kier molecular flexibility index (Phi) is 12.1. The fourth-order valence-corrected chi connectivity index (χ4v) is 5.45. The third-order valence-corrected chi connectivity index (χ3v) is 7.86. The highest BCUT2D eigenvalue weighted by atomic mass is 19.1. The number of hydrogen-bond acceptors (Lipinski definition) is 10. The molecule has 4 heterocycles. The van der Waals surface area contributed by atoms with Crippen LogP contribution < -0.4 is 27.0 Å². The number of primary amides is 1. The van der Waals surface area contributed by atoms with Gasteiger partial charge in [-0.1, -0.05) is 12.1 Å². The van der Waals surface area contributed by atoms with Crippen LogP contribution in [0.15, 0.2) is 60.7 Å². The number of aromatic nitrogens is 2. The largest absolute Gasteiger partial charge is 0.371 e. The van der Waals surface area contributed by atoms with Gasteiger partial charge in [0.1, 0.15) is 29.1 Å². The molecule has 2 fully saturated rings. The van der Waals surface area contributed by atoms with Crippen molar-refractivity contribution in [2.24, 2.45) is 5.73 Å². The first-order chi connectivity index (χ1) is 24.5. The number of pyridine rings is 2. The van der Waals surface area contributed by atoms with Gasteiger partial charge in [0, 0.05) is 71.2 Å². The monoisotopic (exact) mass is 698 g/mol. The lowest BCUT2D eigenvalue weighted by Crippen LogP contribution is -2.33. The molecule has 15 heteroatoms. The molecule has 6 rings (SSSR count). The first kappa shape index (κ1) is 36.6. The zero-order chi connectivity index (χ0) is 36.5. The van der Waals surface area contributed by atoms with Crippen LogP contribution in [0.4, 0.5) is 20.2 Å². The predicted molar refractivity (Wildman–Crippen MR) is 183 cm³/mol. The fourth-order valence-electron chi connectivity index (χ4n) is 5.45. The second-order valence-corrected chi connectivity index (χ2v) is 11.7. The van der Waals surface area contributed by atoms with E-state index in [1.54, 1.807) is 44.2 Å². The van der Waals surface area contributed by atoms with Crippen molar-refractivity contribution >= 4 is 29.1 Å². The lowest BCUT2D eigenvalue weighted by molar-refractivity contribution is 0.0254. The van der Waals surface area contributed by atoms with Gasteiger partial charge in [-0.05, 0) is 62.4 Å². The molecule has 0 aliphatic carbocycles. The van der Waals surface area contributed by atoms with E-state index in [2.05, 4.69) is 31.2 Å². The van der Waals surface area contributed by atoms with E-state index < -0.39 is 29.4 Å². The number of ether oxygens (including phenoxy) is 2. The summed E-state index contributed by atoms with van der Waals surface area (Å²) in [5, 5.41) is 20.5. The van der Waals surface area contributed by atoms with Crippen molar-refractivity contribution in [3.8, 4) is 6.07 Å². The van der Waals surface area contributed by atoms with Crippen molar-refractivity contribution in [2.75, 3.05) is 50.0 Å². The summed E-state index contributed by atoms with van der Waals surface area (Å²) in [7, 11) is 0. The van der Waals surface area contributed by atoms with Gasteiger partial charge in [0.2, 0.25) is 0 Å². The maximum atomic E-state index is 14.4. The number of aryl methyl sites for hydroxylation is 2. The van der Waals surface area contributed by atoms with E-state index in [1.165, 1.54) is 30.3 Å². The van der Waals surface area contributed by atoms with E-state index >= 15 is 0 Å². The van der Waals surface area contributed by atoms with Crippen LogP contribution in [0.3, 0.4) is 0 Å². The van der Waals surface area contributed by atoms with Gasteiger partial charge in [-0.15, -0.1) is 0 Å². The number of carbonyl (C=O) groups excluding carboxylic acids is 3. The number of benzene rings is 2. The van der Waals surface area contributed by atoms with Crippen LogP contribution in [-0.4, -0.2) is 67.1 Å². The van der Waals surface area contributed by atoms with Gasteiger partial charge in [-0.25, -0.2) is 18.7 Å². The highest BCUT2D eigenvalue weighted by molar-refractivity contribution is 6.06. The average molecular weight is 699 g/mol. The van der Waals surface area contributed by atoms with E-state index in [1.807, 2.05) is 6.07 Å². The Hall–Kier alpha value is -5.66. The number of rotatable bonds is 7. The zero-order valence-corrected chi connectivity index (χ0v) is 27.9. The topological polar surface area (TPSA) is 193 Å². The summed E-state index contributed by atoms with van der Waals surface area (Å²) in [5.41, 5.74) is 8.46. The van der Waals surface area contributed by atoms with Crippen LogP contribution >= 0.6 is 0 Å². The quantitative estimate of drug-likeness (QED) is 0.189. The highest BCUT2D eigenvalue weighted by Crippen LogP contribution is 2.26. The second-order valence-electron chi connectivity index (χ2n) is 11.7. The van der Waals surface area contributed by atoms with Gasteiger partial charge in [0.05, 0.1) is 25.4 Å². The number of nitrogens with two attached hydrogens (primary N) is 1. The van der Waals surface area contributed by atoms with Crippen LogP contribution in [0.2, 0.25) is 0 Å². The summed E-state index contributed by atoms with van der Waals surface area (Å²) in [4.78, 5) is 44.0. The molecule has 2 aromatic carbocycles. The number of hydrogen-bond donors (Lipinski definition) is 5. The van der Waals surface area contributed by atoms with Crippen molar-refractivity contribution in [1.82, 2.24) is 20.6 Å². The molecule has 51 heavy (non-hydrogen) atoms. The maximum Gasteiger partial charge on any atom is 0.267 e. The molecule has 6 N–H and O–H groups in total. The van der Waals surface area contributed by atoms with Gasteiger partial charge in [-0.3, -0.25) is 14.4 Å². The van der Waals surface area contributed by atoms with E-state index in [0.29, 0.717) is 65.8 Å². The molecule has 0 unspecified atom stereocenters. The number of amides is 3. The van der Waals surface area contributed by atoms with Crippen LogP contribution in [-0.2, 0) is 9.47 Å². The van der Waals surface area contributed by atoms with Crippen molar-refractivity contribution in [1.29, 1.82) is 5.26 Å². The van der Waals surface area contributed by atoms with Crippen molar-refractivity contribution in [3.05, 3.63) is 117 Å². The van der Waals surface area contributed by atoms with Crippen molar-refractivity contribution < 1.29 is 32.6 Å². The molecule has 0 bridgehead atoms. The number of morpholine rings is 2. The van der Waals surface area contributed by atoms with E-state index in [4.69, 9.17) is 20.5 Å². The molecule has 2 atom stereocenters. The summed E-state index contributed by atoms with van der Waals surface area (Å²) in [6.07, 6.45) is -0.686. The third kappa shape index (κ3) is 9.74. The molecular formula is C36H36F2N8O5. The minimum Gasteiger partial charge on any atom is -0.371 e. The Morgan fingerprint density at radius 2 is 1.27 bits per heavy atom. The van der Waals surface area contributed by atoms with Gasteiger partial charge >= 0.3 is 0 Å². The number of anilines is 2. The molecule has 2 saturated heterocycles. The molecule has 2 aliphatic heterocycles. The Balaban J connectivity index is 0.000000198. The summed E-state index contributed by atoms with van der Waals surface area (Å²) < 4.78 is 39.8. The molecule has 4 aromatic rings. The Morgan fingerprint density at radius 3 is 1.71 bits per heavy atom. The second kappa shape index (κ2) is 16.8. The van der Waals surface area contributed by atoms with Gasteiger partial charge in [0.25, 0.3) is 17.7 Å². The van der Waals surface area contributed by atoms with Crippen LogP contribution in [0.1, 0.15) is 71.6 Å². The molecule has 2 aromatic heterocycles. The molecule has 0 radical (unpaired) electrons. The van der Waals surface area contributed by atoms with E-state index in [9.17, 15) is 23.2 Å². The first-order valence-corrected chi connectivity index (χ1v) is 16.0. The predicted octanol–water partition coefficient (Wildman–Crippen LogP) is 3.86. The fraction of sp³-hybridized carbons (Fsp3) is 0.278. The highest BCUT2D eigenvalue weighted by Gasteiger charge is 2.21. The number of nitrogens with one attached hydrogen (secondary N) is 4. The average Bonchev–Trinajstić information content (AvgIpc) is 3.12. The number of carbonyl (C=O) groups is 3. The number of nitrogens with zero attached hydrogens (tertiary/aromatic N) is 3. The van der Waals surface area contributed by atoms with Gasteiger partial charge in [-0.2, -0.15) is 5.26 Å². The molecule has 3 amide bonds. The summed E-state index contributed by atoms with van der Waals surface area (Å²) in [5.74, 6) is -2.53. The minimum atomic E-state index is -0.723. The maximum absolute atomic E-state index is 14.4. The smallest absolute Gasteiger partial charge is 0.267 e. The number of halogens is 2. The van der Waals surface area contributed by atoms with Crippen LogP contribution in [0, 0.1) is 36.8 Å². The summed E-state index contributed by atoms with van der Waals surface area (Å²) in [6.45, 7) is 6.98. The van der Waals surface area contributed by atoms with Crippen molar-refractivity contribution in [2.45, 2.75) is 26.1 Å². The van der Waals surface area contributed by atoms with Crippen molar-refractivity contribution in [3.63, 3.8) is 0 Å². The number of nitriles is 1. The molecule has 0 spiro atoms. The van der Waals surface area contributed by atoms with Crippen LogP contribution in [0.5, 0.6) is 0 Å². The standard InChI is InChI=1S/C18H19FN4O3.C18H17FN4O2/c1-10-6-11(7-15(22-10)17(20)24)18(25)23-12-2-3-13(14(19)8-12)16-9-21-4-5-26-16;1-11-6-12(7-14(9-20)22-11)18(24)23-13-2-3-15(16(19)8-13)17-10-21-4-5-25-17/h2-3,6-8,16,21H,4-5,9H2,1H3,(H2,20,24)(H,23,25);2-3,6-8,17,21H,4-5,10H2,1H3,(H,23,24)/t16-;17-/m11/s1. The lowest BCUT2D eigenvalue weighted by Gasteiger charge is -2.24.